The van der Waals surface area contributed by atoms with E-state index in [0.717, 1.165) is 22.6 Å². The molecule has 0 radical (unpaired) electrons. The van der Waals surface area contributed by atoms with Crippen molar-refractivity contribution in [1.82, 2.24) is 25.1 Å². The van der Waals surface area contributed by atoms with Gasteiger partial charge in [0.05, 0.1) is 18.4 Å². The van der Waals surface area contributed by atoms with Crippen LogP contribution in [0.25, 0.3) is 17.1 Å². The molecule has 2 aromatic carbocycles. The number of nitrogens with one attached hydrogen (secondary N) is 1. The van der Waals surface area contributed by atoms with E-state index >= 15 is 0 Å². The van der Waals surface area contributed by atoms with Crippen LogP contribution in [0.5, 0.6) is 5.75 Å². The van der Waals surface area contributed by atoms with Crippen molar-refractivity contribution in [3.05, 3.63) is 84.7 Å². The Morgan fingerprint density at radius 1 is 0.970 bits per heavy atom. The number of aromatic nitrogens is 4. The summed E-state index contributed by atoms with van der Waals surface area (Å²) in [6.07, 6.45) is 3.44. The lowest BCUT2D eigenvalue weighted by Gasteiger charge is -2.18. The van der Waals surface area contributed by atoms with E-state index in [4.69, 9.17) is 4.74 Å². The largest absolute Gasteiger partial charge is 0.497 e. The lowest BCUT2D eigenvalue weighted by molar-refractivity contribution is -0.120. The lowest BCUT2D eigenvalue weighted by atomic mass is 10.1. The molecule has 2 atom stereocenters. The average molecular weight is 460 g/mol. The average Bonchev–Trinajstić information content (AvgIpc) is 3.28. The van der Waals surface area contributed by atoms with Crippen LogP contribution < -0.4 is 10.1 Å². The topological polar surface area (TPSA) is 81.9 Å². The molecule has 0 aliphatic rings. The third-order valence-electron chi connectivity index (χ3n) is 5.21. The van der Waals surface area contributed by atoms with Gasteiger partial charge in [0.15, 0.2) is 11.0 Å². The summed E-state index contributed by atoms with van der Waals surface area (Å²) in [7, 11) is 1.63. The van der Waals surface area contributed by atoms with Gasteiger partial charge in [0.25, 0.3) is 0 Å². The van der Waals surface area contributed by atoms with Crippen LogP contribution in [0.2, 0.25) is 0 Å². The molecule has 0 saturated carbocycles. The van der Waals surface area contributed by atoms with E-state index in [2.05, 4.69) is 20.5 Å². The van der Waals surface area contributed by atoms with Crippen LogP contribution in [0.1, 0.15) is 25.5 Å². The summed E-state index contributed by atoms with van der Waals surface area (Å²) in [4.78, 5) is 17.0. The van der Waals surface area contributed by atoms with Gasteiger partial charge in [-0.1, -0.05) is 42.1 Å². The first-order valence-corrected chi connectivity index (χ1v) is 11.5. The summed E-state index contributed by atoms with van der Waals surface area (Å²) < 4.78 is 7.24. The van der Waals surface area contributed by atoms with E-state index in [0.29, 0.717) is 11.0 Å². The van der Waals surface area contributed by atoms with E-state index in [9.17, 15) is 4.79 Å². The quantitative estimate of drug-likeness (QED) is 0.385. The van der Waals surface area contributed by atoms with Crippen LogP contribution in [0.4, 0.5) is 0 Å². The van der Waals surface area contributed by atoms with Crippen molar-refractivity contribution in [2.75, 3.05) is 7.11 Å². The Kier molecular flexibility index (Phi) is 7.04. The minimum absolute atomic E-state index is 0.0638. The third-order valence-corrected chi connectivity index (χ3v) is 6.25. The molecule has 0 bridgehead atoms. The summed E-state index contributed by atoms with van der Waals surface area (Å²) in [6.45, 7) is 3.85. The number of thioether (sulfide) groups is 1. The maximum atomic E-state index is 12.9. The molecule has 0 spiro atoms. The van der Waals surface area contributed by atoms with Gasteiger partial charge in [-0.3, -0.25) is 14.3 Å². The fraction of sp³-hybridized carbons (Fsp3) is 0.200. The van der Waals surface area contributed by atoms with Gasteiger partial charge in [-0.2, -0.15) is 0 Å². The van der Waals surface area contributed by atoms with Crippen LogP contribution in [0.3, 0.4) is 0 Å². The summed E-state index contributed by atoms with van der Waals surface area (Å²) in [6, 6.07) is 21.2. The van der Waals surface area contributed by atoms with E-state index < -0.39 is 0 Å². The predicted molar refractivity (Wildman–Crippen MR) is 129 cm³/mol. The Hall–Kier alpha value is -3.65. The van der Waals surface area contributed by atoms with Crippen LogP contribution in [0, 0.1) is 0 Å². The Morgan fingerprint density at radius 3 is 2.33 bits per heavy atom. The van der Waals surface area contributed by atoms with Crippen LogP contribution in [0.15, 0.2) is 84.3 Å². The maximum Gasteiger partial charge on any atom is 0.233 e. The molecule has 0 fully saturated rings. The summed E-state index contributed by atoms with van der Waals surface area (Å²) >= 11 is 1.37. The van der Waals surface area contributed by atoms with Crippen LogP contribution >= 0.6 is 11.8 Å². The third kappa shape index (κ3) is 5.23. The predicted octanol–water partition coefficient (Wildman–Crippen LogP) is 4.70. The zero-order valence-electron chi connectivity index (χ0n) is 18.7. The highest BCUT2D eigenvalue weighted by atomic mass is 32.2. The number of hydrogen-bond acceptors (Lipinski definition) is 6. The van der Waals surface area contributed by atoms with Gasteiger partial charge in [0.2, 0.25) is 5.91 Å². The Morgan fingerprint density at radius 2 is 1.67 bits per heavy atom. The number of nitrogens with zero attached hydrogens (tertiary/aromatic N) is 4. The van der Waals surface area contributed by atoms with E-state index in [1.54, 1.807) is 19.5 Å². The number of carbonyl (C=O) groups excluding carboxylic acids is 1. The maximum absolute atomic E-state index is 12.9. The molecule has 4 rings (SSSR count). The van der Waals surface area contributed by atoms with Crippen LogP contribution in [-0.2, 0) is 4.79 Å². The number of ether oxygens (including phenoxy) is 1. The molecule has 1 N–H and O–H groups in total. The summed E-state index contributed by atoms with van der Waals surface area (Å²) in [5.74, 6) is 1.37. The fourth-order valence-corrected chi connectivity index (χ4v) is 4.24. The standard InChI is InChI=1S/C25H25N5O2S/c1-17(19-7-5-4-6-8-19)27-24(31)18(2)33-25-29-28-23(20-13-15-26-16-14-20)30(25)21-9-11-22(32-3)12-10-21/h4-18H,1-3H3,(H,27,31). The van der Waals surface area contributed by atoms with Gasteiger partial charge < -0.3 is 10.1 Å². The van der Waals surface area contributed by atoms with Crippen molar-refractivity contribution < 1.29 is 9.53 Å². The minimum atomic E-state index is -0.373. The molecule has 4 aromatic rings. The summed E-state index contributed by atoms with van der Waals surface area (Å²) in [5.41, 5.74) is 2.82. The van der Waals surface area contributed by atoms with Gasteiger partial charge in [-0.25, -0.2) is 0 Å². The van der Waals surface area contributed by atoms with Gasteiger partial charge >= 0.3 is 0 Å². The molecule has 2 aromatic heterocycles. The number of amides is 1. The number of pyridine rings is 1. The Bertz CT molecular complexity index is 1200. The van der Waals surface area contributed by atoms with E-state index in [1.807, 2.05) is 85.1 Å². The first-order chi connectivity index (χ1) is 16.1. The highest BCUT2D eigenvalue weighted by molar-refractivity contribution is 8.00. The van der Waals surface area contributed by atoms with E-state index in [1.165, 1.54) is 11.8 Å². The minimum Gasteiger partial charge on any atom is -0.497 e. The van der Waals surface area contributed by atoms with Crippen LogP contribution in [-0.4, -0.2) is 38.0 Å². The Balaban J connectivity index is 1.60. The van der Waals surface area contributed by atoms with Gasteiger partial charge in [-0.05, 0) is 55.8 Å². The van der Waals surface area contributed by atoms with Crippen molar-refractivity contribution in [1.29, 1.82) is 0 Å². The van der Waals surface area contributed by atoms with E-state index in [-0.39, 0.29) is 17.2 Å². The fourth-order valence-electron chi connectivity index (χ4n) is 3.37. The number of benzene rings is 2. The molecule has 7 nitrogen and oxygen atoms in total. The summed E-state index contributed by atoms with van der Waals surface area (Å²) in [5, 5.41) is 12.2. The SMILES string of the molecule is COc1ccc(-n2c(SC(C)C(=O)NC(C)c3ccccc3)nnc2-c2ccncc2)cc1. The van der Waals surface area contributed by atoms with Gasteiger partial charge in [-0.15, -0.1) is 10.2 Å². The normalized spacial score (nSPS) is 12.7. The second-order valence-corrected chi connectivity index (χ2v) is 8.78. The number of carbonyl (C=O) groups is 1. The molecule has 0 aliphatic carbocycles. The molecule has 1 amide bonds. The van der Waals surface area contributed by atoms with Crippen molar-refractivity contribution in [2.45, 2.75) is 30.3 Å². The second kappa shape index (κ2) is 10.3. The monoisotopic (exact) mass is 459 g/mol. The molecular weight excluding hydrogens is 434 g/mol. The number of methoxy groups -OCH3 is 1. The molecular formula is C25H25N5O2S. The number of hydrogen-bond donors (Lipinski definition) is 1. The van der Waals surface area contributed by atoms with Crippen molar-refractivity contribution in [3.63, 3.8) is 0 Å². The molecule has 0 aliphatic heterocycles. The van der Waals surface area contributed by atoms with Crippen molar-refractivity contribution in [2.24, 2.45) is 0 Å². The van der Waals surface area contributed by atoms with Crippen molar-refractivity contribution in [3.8, 4) is 22.8 Å². The molecule has 0 saturated heterocycles. The van der Waals surface area contributed by atoms with Gasteiger partial charge in [0.1, 0.15) is 5.75 Å². The first-order valence-electron chi connectivity index (χ1n) is 10.6. The molecule has 33 heavy (non-hydrogen) atoms. The number of rotatable bonds is 8. The smallest absolute Gasteiger partial charge is 0.233 e. The molecule has 8 heteroatoms. The lowest BCUT2D eigenvalue weighted by Crippen LogP contribution is -2.33. The molecule has 2 heterocycles. The van der Waals surface area contributed by atoms with Crippen molar-refractivity contribution >= 4 is 17.7 Å². The first kappa shape index (κ1) is 22.5. The molecule has 168 valence electrons. The highest BCUT2D eigenvalue weighted by Crippen LogP contribution is 2.31. The zero-order chi connectivity index (χ0) is 23.2. The zero-order valence-corrected chi connectivity index (χ0v) is 19.5. The molecule has 2 unspecified atom stereocenters. The Labute approximate surface area is 197 Å². The van der Waals surface area contributed by atoms with Gasteiger partial charge in [0, 0.05) is 23.6 Å². The second-order valence-electron chi connectivity index (χ2n) is 7.48. The highest BCUT2D eigenvalue weighted by Gasteiger charge is 2.23.